The van der Waals surface area contributed by atoms with Crippen LogP contribution in [0.5, 0.6) is 11.5 Å². The Labute approximate surface area is 229 Å². The predicted octanol–water partition coefficient (Wildman–Crippen LogP) is 4.37. The highest BCUT2D eigenvalue weighted by Gasteiger charge is 2.18. The van der Waals surface area contributed by atoms with Gasteiger partial charge in [-0.1, -0.05) is 0 Å². The van der Waals surface area contributed by atoms with Crippen LogP contribution in [-0.4, -0.2) is 51.9 Å². The predicted molar refractivity (Wildman–Crippen MR) is 149 cm³/mol. The molecule has 200 valence electrons. The van der Waals surface area contributed by atoms with Crippen LogP contribution in [0.25, 0.3) is 28.1 Å². The van der Waals surface area contributed by atoms with E-state index in [-0.39, 0.29) is 5.56 Å². The number of rotatable bonds is 6. The summed E-state index contributed by atoms with van der Waals surface area (Å²) < 4.78 is 14.1. The summed E-state index contributed by atoms with van der Waals surface area (Å²) in [5, 5.41) is 12.6. The number of hydrogen-bond donors (Lipinski definition) is 2. The van der Waals surface area contributed by atoms with Crippen molar-refractivity contribution in [3.63, 3.8) is 0 Å². The van der Waals surface area contributed by atoms with Crippen molar-refractivity contribution in [3.8, 4) is 39.6 Å². The third-order valence-electron chi connectivity index (χ3n) is 6.48. The molecule has 10 nitrogen and oxygen atoms in total. The molecule has 12 heteroatoms. The van der Waals surface area contributed by atoms with Gasteiger partial charge in [0.05, 0.1) is 37.8 Å². The van der Waals surface area contributed by atoms with Gasteiger partial charge in [-0.15, -0.1) is 0 Å². The van der Waals surface area contributed by atoms with Crippen molar-refractivity contribution < 1.29 is 9.47 Å². The van der Waals surface area contributed by atoms with E-state index < -0.39 is 0 Å². The second-order valence-electron chi connectivity index (χ2n) is 8.85. The van der Waals surface area contributed by atoms with Crippen LogP contribution in [0.1, 0.15) is 24.4 Å². The zero-order chi connectivity index (χ0) is 27.2. The number of pyridine rings is 1. The van der Waals surface area contributed by atoms with Gasteiger partial charge in [0.1, 0.15) is 17.3 Å². The molecule has 3 aromatic heterocycles. The summed E-state index contributed by atoms with van der Waals surface area (Å²) in [6, 6.07) is 9.25. The number of halogens is 2. The average molecular weight is 558 g/mol. The molecule has 0 atom stereocenters. The molecule has 1 fully saturated rings. The van der Waals surface area contributed by atoms with E-state index in [0.717, 1.165) is 37.1 Å². The van der Waals surface area contributed by atoms with Gasteiger partial charge in [0.15, 0.2) is 0 Å². The van der Waals surface area contributed by atoms with E-state index >= 15 is 0 Å². The highest BCUT2D eigenvalue weighted by atomic mass is 36.5. The minimum Gasteiger partial charge on any atom is -0.497 e. The number of aryl methyl sites for hydroxylation is 1. The van der Waals surface area contributed by atoms with Gasteiger partial charge >= 0.3 is 0 Å². The van der Waals surface area contributed by atoms with E-state index in [4.69, 9.17) is 15.2 Å². The molecular formula is C26H29Cl2N7O3. The summed E-state index contributed by atoms with van der Waals surface area (Å²) in [6.07, 6.45) is 7.73. The number of nitrogens with zero attached hydrogens (tertiary/aromatic N) is 5. The molecule has 1 aliphatic heterocycles. The van der Waals surface area contributed by atoms with Gasteiger partial charge in [-0.25, -0.2) is 4.98 Å². The molecule has 4 aromatic rings. The number of piperidine rings is 1. The van der Waals surface area contributed by atoms with Crippen molar-refractivity contribution in [2.75, 3.05) is 33.0 Å². The Bertz CT molecular complexity index is 1440. The Morgan fingerprint density at radius 2 is 1.68 bits per heavy atom. The molecule has 3 N–H and O–H groups in total. The van der Waals surface area contributed by atoms with Crippen molar-refractivity contribution in [1.29, 1.82) is 0 Å². The van der Waals surface area contributed by atoms with Gasteiger partial charge in [0, 0.05) is 74.6 Å². The first-order valence-electron chi connectivity index (χ1n) is 12.0. The first kappa shape index (κ1) is 27.4. The summed E-state index contributed by atoms with van der Waals surface area (Å²) in [4.78, 5) is 17.5. The molecule has 0 aliphatic carbocycles. The highest BCUT2D eigenvalue weighted by Crippen LogP contribution is 2.30. The maximum Gasteiger partial charge on any atom is 0.274 e. The molecule has 5 rings (SSSR count). The van der Waals surface area contributed by atoms with Crippen molar-refractivity contribution in [2.24, 2.45) is 0 Å². The van der Waals surface area contributed by atoms with Gasteiger partial charge in [-0.05, 0) is 45.0 Å². The number of ether oxygens (including phenoxy) is 2. The maximum atomic E-state index is 13.0. The minimum atomic E-state index is -0.250. The fourth-order valence-electron chi connectivity index (χ4n) is 4.43. The number of aromatic nitrogens is 5. The number of methoxy groups -OCH3 is 2. The van der Waals surface area contributed by atoms with E-state index in [9.17, 15) is 4.79 Å². The van der Waals surface area contributed by atoms with Crippen molar-refractivity contribution >= 4 is 27.5 Å². The lowest BCUT2D eigenvalue weighted by Gasteiger charge is -2.22. The van der Waals surface area contributed by atoms with Crippen LogP contribution in [0, 0.1) is 6.92 Å². The Kier molecular flexibility index (Phi) is 8.88. The quantitative estimate of drug-likeness (QED) is 0.358. The van der Waals surface area contributed by atoms with Crippen molar-refractivity contribution in [2.45, 2.75) is 25.8 Å². The molecule has 0 spiro atoms. The summed E-state index contributed by atoms with van der Waals surface area (Å²) >= 11 is 0. The molecule has 0 amide bonds. The van der Waals surface area contributed by atoms with E-state index in [1.54, 1.807) is 51.6 Å². The molecule has 4 heterocycles. The molecule has 1 aliphatic rings. The van der Waals surface area contributed by atoms with Crippen LogP contribution >= 0.6 is 21.7 Å². The Balaban J connectivity index is 0.00000164. The van der Waals surface area contributed by atoms with E-state index in [1.165, 1.54) is 4.68 Å². The van der Waals surface area contributed by atoms with E-state index in [0.29, 0.717) is 45.9 Å². The van der Waals surface area contributed by atoms with Gasteiger partial charge in [-0.2, -0.15) is 14.9 Å². The average Bonchev–Trinajstić information content (AvgIpc) is 3.46. The first-order chi connectivity index (χ1) is 18.5. The molecule has 0 unspecified atom stereocenters. The van der Waals surface area contributed by atoms with Crippen LogP contribution in [0.3, 0.4) is 0 Å². The fourth-order valence-corrected chi connectivity index (χ4v) is 4.43. The topological polar surface area (TPSA) is 122 Å². The highest BCUT2D eigenvalue weighted by molar-refractivity contribution is 6.85. The summed E-state index contributed by atoms with van der Waals surface area (Å²) in [5.41, 5.74) is 10.1. The molecule has 38 heavy (non-hydrogen) atoms. The van der Waals surface area contributed by atoms with Crippen LogP contribution in [0.2, 0.25) is 0 Å². The van der Waals surface area contributed by atoms with E-state index in [1.807, 2.05) is 16.9 Å². The van der Waals surface area contributed by atoms with E-state index in [2.05, 4.69) is 48.4 Å². The summed E-state index contributed by atoms with van der Waals surface area (Å²) in [6.45, 7) is 3.73. The zero-order valence-corrected chi connectivity index (χ0v) is 22.8. The zero-order valence-electron chi connectivity index (χ0n) is 21.3. The fraction of sp³-hybridized carbons (Fsp3) is 0.308. The Hall–Kier alpha value is -3.60. The third-order valence-corrected chi connectivity index (χ3v) is 6.48. The Morgan fingerprint density at radius 1 is 1.00 bits per heavy atom. The largest absolute Gasteiger partial charge is 0.497 e. The molecule has 0 radical (unpaired) electrons. The lowest BCUT2D eigenvalue weighted by Crippen LogP contribution is -2.29. The number of benzene rings is 1. The van der Waals surface area contributed by atoms with Gasteiger partial charge in [0.2, 0.25) is 0 Å². The summed E-state index contributed by atoms with van der Waals surface area (Å²) in [5.74, 6) is 1.43. The summed E-state index contributed by atoms with van der Waals surface area (Å²) in [7, 11) is 11.3. The second-order valence-corrected chi connectivity index (χ2v) is 8.85. The number of anilines is 1. The maximum absolute atomic E-state index is 13.0. The first-order valence-corrected chi connectivity index (χ1v) is 13.1. The SMILES string of the molecule is COc1cc(OC)cc(-n2nc(-c3cc(-c4cnn(C5CCNCC5)c4)cnc3N)cc(C)c2=O)c1.ClCl. The number of nitrogens with one attached hydrogen (secondary N) is 1. The van der Waals surface area contributed by atoms with Crippen molar-refractivity contribution in [3.05, 3.63) is 64.8 Å². The number of nitrogens with two attached hydrogens (primary N) is 1. The standard InChI is InChI=1S/C26H29N7O3.Cl2/c1-16-8-24(31-33(26(16)34)20-10-21(35-2)12-22(11-20)36-3)23-9-17(13-29-25(23)27)18-14-30-32(15-18)19-4-6-28-7-5-19;1-2/h8-15,19,28H,4-7H2,1-3H3,(H2,27,29);. The number of hydrogen-bond acceptors (Lipinski definition) is 8. The molecule has 1 saturated heterocycles. The second kappa shape index (κ2) is 12.3. The van der Waals surface area contributed by atoms with Gasteiger partial charge in [-0.3, -0.25) is 9.48 Å². The lowest BCUT2D eigenvalue weighted by atomic mass is 10.1. The molecule has 0 bridgehead atoms. The van der Waals surface area contributed by atoms with Gasteiger partial charge in [0.25, 0.3) is 5.56 Å². The van der Waals surface area contributed by atoms with Crippen LogP contribution in [0.4, 0.5) is 5.82 Å². The normalized spacial score (nSPS) is 13.5. The Morgan fingerprint density at radius 3 is 2.34 bits per heavy atom. The smallest absolute Gasteiger partial charge is 0.274 e. The van der Waals surface area contributed by atoms with Crippen LogP contribution in [0.15, 0.2) is 53.7 Å². The molecular weight excluding hydrogens is 529 g/mol. The van der Waals surface area contributed by atoms with Gasteiger partial charge < -0.3 is 20.5 Å². The number of nitrogen functional groups attached to an aromatic ring is 1. The minimum absolute atomic E-state index is 0.250. The lowest BCUT2D eigenvalue weighted by molar-refractivity contribution is 0.343. The third kappa shape index (κ3) is 5.77. The van der Waals surface area contributed by atoms with Crippen LogP contribution in [-0.2, 0) is 0 Å². The molecule has 0 saturated carbocycles. The molecule has 1 aromatic carbocycles. The monoisotopic (exact) mass is 557 g/mol. The van der Waals surface area contributed by atoms with Crippen LogP contribution < -0.4 is 26.1 Å². The van der Waals surface area contributed by atoms with Crippen molar-refractivity contribution in [1.82, 2.24) is 29.9 Å².